The molecule has 0 aliphatic heterocycles. The third-order valence-electron chi connectivity index (χ3n) is 2.63. The van der Waals surface area contributed by atoms with Crippen LogP contribution in [0, 0.1) is 6.92 Å². The molecule has 0 aromatic carbocycles. The first-order valence-corrected chi connectivity index (χ1v) is 6.67. The lowest BCUT2D eigenvalue weighted by molar-refractivity contribution is 0.674. The van der Waals surface area contributed by atoms with E-state index >= 15 is 0 Å². The van der Waals surface area contributed by atoms with Crippen LogP contribution >= 0.6 is 15.9 Å². The fourth-order valence-corrected chi connectivity index (χ4v) is 1.66. The van der Waals surface area contributed by atoms with E-state index < -0.39 is 0 Å². The molecule has 1 aromatic heterocycles. The number of hydrogen-bond acceptors (Lipinski definition) is 3. The van der Waals surface area contributed by atoms with Crippen LogP contribution in [-0.2, 0) is 0 Å². The first kappa shape index (κ1) is 13.4. The van der Waals surface area contributed by atoms with Crippen LogP contribution in [0.2, 0.25) is 0 Å². The molecule has 3 nitrogen and oxygen atoms in total. The third kappa shape index (κ3) is 3.17. The van der Waals surface area contributed by atoms with Crippen molar-refractivity contribution >= 4 is 21.7 Å². The maximum atomic E-state index is 4.57. The predicted molar refractivity (Wildman–Crippen MR) is 72.0 cm³/mol. The van der Waals surface area contributed by atoms with Crippen molar-refractivity contribution in [1.29, 1.82) is 0 Å². The van der Waals surface area contributed by atoms with E-state index in [1.807, 2.05) is 6.92 Å². The summed E-state index contributed by atoms with van der Waals surface area (Å²) < 4.78 is 0.980. The Morgan fingerprint density at radius 2 is 2.00 bits per heavy atom. The van der Waals surface area contributed by atoms with E-state index in [4.69, 9.17) is 0 Å². The number of anilines is 1. The number of hydrogen-bond donors (Lipinski definition) is 1. The molecular weight excluding hydrogens is 266 g/mol. The van der Waals surface area contributed by atoms with Gasteiger partial charge in [-0.25, -0.2) is 9.97 Å². The summed E-state index contributed by atoms with van der Waals surface area (Å²) in [4.78, 5) is 9.09. The quantitative estimate of drug-likeness (QED) is 0.892. The SMILES string of the molecule is CCCNc1nc(C(C)CC)nc(C)c1Br. The average Bonchev–Trinajstić information content (AvgIpc) is 2.29. The molecule has 90 valence electrons. The Labute approximate surface area is 106 Å². The van der Waals surface area contributed by atoms with Crippen LogP contribution in [0.4, 0.5) is 5.82 Å². The summed E-state index contributed by atoms with van der Waals surface area (Å²) in [5.74, 6) is 2.26. The molecule has 4 heteroatoms. The topological polar surface area (TPSA) is 37.8 Å². The van der Waals surface area contributed by atoms with E-state index in [0.29, 0.717) is 5.92 Å². The molecule has 0 saturated heterocycles. The molecule has 1 atom stereocenters. The minimum absolute atomic E-state index is 0.411. The highest BCUT2D eigenvalue weighted by Gasteiger charge is 2.12. The lowest BCUT2D eigenvalue weighted by Gasteiger charge is -2.13. The van der Waals surface area contributed by atoms with E-state index in [1.54, 1.807) is 0 Å². The predicted octanol–water partition coefficient (Wildman–Crippen LogP) is 3.88. The van der Waals surface area contributed by atoms with Gasteiger partial charge < -0.3 is 5.32 Å². The minimum Gasteiger partial charge on any atom is -0.369 e. The van der Waals surface area contributed by atoms with Crippen molar-refractivity contribution in [3.8, 4) is 0 Å². The van der Waals surface area contributed by atoms with Crippen molar-refractivity contribution in [1.82, 2.24) is 9.97 Å². The van der Waals surface area contributed by atoms with Gasteiger partial charge >= 0.3 is 0 Å². The number of halogens is 1. The molecule has 0 bridgehead atoms. The second kappa shape index (κ2) is 6.18. The molecule has 1 rings (SSSR count). The van der Waals surface area contributed by atoms with Crippen molar-refractivity contribution in [2.24, 2.45) is 0 Å². The normalized spacial score (nSPS) is 12.6. The Bertz CT molecular complexity index is 352. The monoisotopic (exact) mass is 285 g/mol. The summed E-state index contributed by atoms with van der Waals surface area (Å²) in [6.45, 7) is 9.41. The molecule has 1 heterocycles. The highest BCUT2D eigenvalue weighted by molar-refractivity contribution is 9.10. The van der Waals surface area contributed by atoms with Gasteiger partial charge in [0.1, 0.15) is 11.6 Å². The van der Waals surface area contributed by atoms with Gasteiger partial charge in [0, 0.05) is 12.5 Å². The van der Waals surface area contributed by atoms with Crippen molar-refractivity contribution in [3.63, 3.8) is 0 Å². The summed E-state index contributed by atoms with van der Waals surface area (Å²) in [5.41, 5.74) is 1.00. The lowest BCUT2D eigenvalue weighted by Crippen LogP contribution is -2.09. The molecule has 0 fully saturated rings. The van der Waals surface area contributed by atoms with Gasteiger partial charge in [-0.1, -0.05) is 20.8 Å². The van der Waals surface area contributed by atoms with Crippen LogP contribution in [0.5, 0.6) is 0 Å². The van der Waals surface area contributed by atoms with Crippen LogP contribution in [0.25, 0.3) is 0 Å². The van der Waals surface area contributed by atoms with Crippen LogP contribution in [-0.4, -0.2) is 16.5 Å². The van der Waals surface area contributed by atoms with Gasteiger partial charge in [-0.3, -0.25) is 0 Å². The molecule has 0 saturated carbocycles. The van der Waals surface area contributed by atoms with Crippen molar-refractivity contribution < 1.29 is 0 Å². The zero-order valence-electron chi connectivity index (χ0n) is 10.5. The summed E-state index contributed by atoms with van der Waals surface area (Å²) >= 11 is 3.53. The smallest absolute Gasteiger partial charge is 0.144 e. The highest BCUT2D eigenvalue weighted by Crippen LogP contribution is 2.26. The van der Waals surface area contributed by atoms with Crippen molar-refractivity contribution in [3.05, 3.63) is 16.0 Å². The summed E-state index contributed by atoms with van der Waals surface area (Å²) in [6.07, 6.45) is 2.16. The molecule has 1 unspecified atom stereocenters. The van der Waals surface area contributed by atoms with Gasteiger partial charge in [-0.05, 0) is 35.7 Å². The maximum Gasteiger partial charge on any atom is 0.144 e. The third-order valence-corrected chi connectivity index (χ3v) is 3.58. The van der Waals surface area contributed by atoms with E-state index in [9.17, 15) is 0 Å². The second-order valence-corrected chi connectivity index (χ2v) is 4.86. The first-order valence-electron chi connectivity index (χ1n) is 5.88. The summed E-state index contributed by atoms with van der Waals surface area (Å²) in [7, 11) is 0. The van der Waals surface area contributed by atoms with E-state index in [0.717, 1.165) is 41.2 Å². The molecule has 16 heavy (non-hydrogen) atoms. The Hall–Kier alpha value is -0.640. The van der Waals surface area contributed by atoms with Crippen LogP contribution in [0.15, 0.2) is 4.47 Å². The number of aromatic nitrogens is 2. The minimum atomic E-state index is 0.411. The van der Waals surface area contributed by atoms with Crippen LogP contribution < -0.4 is 5.32 Å². The Balaban J connectivity index is 3.01. The second-order valence-electron chi connectivity index (χ2n) is 4.07. The van der Waals surface area contributed by atoms with Gasteiger partial charge in [0.2, 0.25) is 0 Å². The summed E-state index contributed by atoms with van der Waals surface area (Å²) in [6, 6.07) is 0. The summed E-state index contributed by atoms with van der Waals surface area (Å²) in [5, 5.41) is 3.32. The maximum absolute atomic E-state index is 4.57. The standard InChI is InChI=1S/C12H20BrN3/c1-5-7-14-12-10(13)9(4)15-11(16-12)8(3)6-2/h8H,5-7H2,1-4H3,(H,14,15,16). The molecule has 0 aliphatic rings. The van der Waals surface area contributed by atoms with E-state index in [1.165, 1.54) is 0 Å². The average molecular weight is 286 g/mol. The molecule has 0 spiro atoms. The fraction of sp³-hybridized carbons (Fsp3) is 0.667. The Morgan fingerprint density at radius 3 is 2.56 bits per heavy atom. The zero-order chi connectivity index (χ0) is 12.1. The number of rotatable bonds is 5. The van der Waals surface area contributed by atoms with Crippen LogP contribution in [0.1, 0.15) is 51.0 Å². The number of aryl methyl sites for hydroxylation is 1. The van der Waals surface area contributed by atoms with Gasteiger partial charge in [0.15, 0.2) is 0 Å². The molecule has 0 amide bonds. The van der Waals surface area contributed by atoms with Crippen molar-refractivity contribution in [2.75, 3.05) is 11.9 Å². The molecule has 1 aromatic rings. The number of nitrogens with zero attached hydrogens (tertiary/aromatic N) is 2. The van der Waals surface area contributed by atoms with E-state index in [-0.39, 0.29) is 0 Å². The largest absolute Gasteiger partial charge is 0.369 e. The Kier molecular flexibility index (Phi) is 5.19. The molecule has 0 radical (unpaired) electrons. The zero-order valence-corrected chi connectivity index (χ0v) is 12.1. The van der Waals surface area contributed by atoms with Gasteiger partial charge in [-0.2, -0.15) is 0 Å². The van der Waals surface area contributed by atoms with Gasteiger partial charge in [0.05, 0.1) is 10.2 Å². The lowest BCUT2D eigenvalue weighted by atomic mass is 10.1. The van der Waals surface area contributed by atoms with E-state index in [2.05, 4.69) is 52.0 Å². The molecule has 0 aliphatic carbocycles. The van der Waals surface area contributed by atoms with Crippen molar-refractivity contribution in [2.45, 2.75) is 46.5 Å². The van der Waals surface area contributed by atoms with Crippen LogP contribution in [0.3, 0.4) is 0 Å². The molecule has 1 N–H and O–H groups in total. The first-order chi connectivity index (χ1) is 7.60. The highest BCUT2D eigenvalue weighted by atomic mass is 79.9. The van der Waals surface area contributed by atoms with Gasteiger partial charge in [-0.15, -0.1) is 0 Å². The number of nitrogens with one attached hydrogen (secondary N) is 1. The Morgan fingerprint density at radius 1 is 1.31 bits per heavy atom. The fourth-order valence-electron chi connectivity index (χ4n) is 1.34. The van der Waals surface area contributed by atoms with Gasteiger partial charge in [0.25, 0.3) is 0 Å². The molecular formula is C12H20BrN3.